The molecule has 1 aromatic carbocycles. The molecule has 2 aliphatic rings. The SMILES string of the molecule is CC1CCN(C(N)=NCCCCN2CCN(Cc3ccccc3)CC2)CC1. The number of aliphatic imine (C=N–C) groups is 1. The molecular formula is C22H37N5. The average molecular weight is 372 g/mol. The number of unbranched alkanes of at least 4 members (excludes halogenated alkanes) is 1. The minimum absolute atomic E-state index is 0.761. The molecular weight excluding hydrogens is 334 g/mol. The molecule has 1 aromatic rings. The van der Waals surface area contributed by atoms with Crippen LogP contribution in [-0.2, 0) is 6.54 Å². The van der Waals surface area contributed by atoms with Gasteiger partial charge in [-0.15, -0.1) is 0 Å². The van der Waals surface area contributed by atoms with Crippen LogP contribution in [0.1, 0.15) is 38.2 Å². The predicted octanol–water partition coefficient (Wildman–Crippen LogP) is 2.63. The van der Waals surface area contributed by atoms with Crippen LogP contribution in [0.5, 0.6) is 0 Å². The summed E-state index contributed by atoms with van der Waals surface area (Å²) in [5, 5.41) is 0. The summed E-state index contributed by atoms with van der Waals surface area (Å²) in [6.07, 6.45) is 4.83. The molecule has 5 heteroatoms. The summed E-state index contributed by atoms with van der Waals surface area (Å²) in [5.41, 5.74) is 7.58. The lowest BCUT2D eigenvalue weighted by atomic mass is 10.00. The van der Waals surface area contributed by atoms with E-state index >= 15 is 0 Å². The summed E-state index contributed by atoms with van der Waals surface area (Å²) in [4.78, 5) is 12.0. The molecule has 2 N–H and O–H groups in total. The molecule has 27 heavy (non-hydrogen) atoms. The Bertz CT molecular complexity index is 557. The number of likely N-dealkylation sites (tertiary alicyclic amines) is 1. The molecule has 0 amide bonds. The van der Waals surface area contributed by atoms with Crippen molar-refractivity contribution in [3.8, 4) is 0 Å². The average Bonchev–Trinajstić information content (AvgIpc) is 2.70. The summed E-state index contributed by atoms with van der Waals surface area (Å²) >= 11 is 0. The fraction of sp³-hybridized carbons (Fsp3) is 0.682. The summed E-state index contributed by atoms with van der Waals surface area (Å²) in [6.45, 7) is 12.3. The second kappa shape index (κ2) is 10.7. The third kappa shape index (κ3) is 6.82. The van der Waals surface area contributed by atoms with Crippen molar-refractivity contribution in [2.75, 3.05) is 52.4 Å². The van der Waals surface area contributed by atoms with Gasteiger partial charge in [0.2, 0.25) is 0 Å². The highest BCUT2D eigenvalue weighted by atomic mass is 15.3. The molecule has 0 bridgehead atoms. The number of guanidine groups is 1. The lowest BCUT2D eigenvalue weighted by Gasteiger charge is -2.34. The summed E-state index contributed by atoms with van der Waals surface area (Å²) in [6, 6.07) is 10.8. The Morgan fingerprint density at radius 3 is 2.33 bits per heavy atom. The van der Waals surface area contributed by atoms with Gasteiger partial charge in [0.15, 0.2) is 5.96 Å². The number of piperazine rings is 1. The van der Waals surface area contributed by atoms with Crippen molar-refractivity contribution in [1.82, 2.24) is 14.7 Å². The fourth-order valence-electron chi connectivity index (χ4n) is 3.99. The lowest BCUT2D eigenvalue weighted by Crippen LogP contribution is -2.46. The van der Waals surface area contributed by atoms with Gasteiger partial charge in [-0.05, 0) is 43.7 Å². The molecule has 5 nitrogen and oxygen atoms in total. The minimum Gasteiger partial charge on any atom is -0.370 e. The molecule has 3 rings (SSSR count). The van der Waals surface area contributed by atoms with E-state index in [0.29, 0.717) is 0 Å². The van der Waals surface area contributed by atoms with Gasteiger partial charge >= 0.3 is 0 Å². The predicted molar refractivity (Wildman–Crippen MR) is 114 cm³/mol. The zero-order valence-corrected chi connectivity index (χ0v) is 17.0. The van der Waals surface area contributed by atoms with E-state index in [-0.39, 0.29) is 0 Å². The quantitative estimate of drug-likeness (QED) is 0.455. The summed E-state index contributed by atoms with van der Waals surface area (Å²) in [7, 11) is 0. The third-order valence-corrected chi connectivity index (χ3v) is 5.98. The standard InChI is InChI=1S/C22H37N5/c1-20-9-13-27(14-10-20)22(23)24-11-5-6-12-25-15-17-26(18-16-25)19-21-7-3-2-4-8-21/h2-4,7-8,20H,5-6,9-19H2,1H3,(H2,23,24). The summed E-state index contributed by atoms with van der Waals surface area (Å²) < 4.78 is 0. The van der Waals surface area contributed by atoms with Gasteiger partial charge in [0.25, 0.3) is 0 Å². The van der Waals surface area contributed by atoms with Crippen molar-refractivity contribution in [1.29, 1.82) is 0 Å². The maximum absolute atomic E-state index is 6.16. The van der Waals surface area contributed by atoms with Crippen LogP contribution in [-0.4, -0.2) is 73.0 Å². The number of benzene rings is 1. The van der Waals surface area contributed by atoms with Gasteiger partial charge in [-0.25, -0.2) is 0 Å². The van der Waals surface area contributed by atoms with Crippen LogP contribution in [0.15, 0.2) is 35.3 Å². The maximum Gasteiger partial charge on any atom is 0.191 e. The summed E-state index contributed by atoms with van der Waals surface area (Å²) in [5.74, 6) is 1.60. The van der Waals surface area contributed by atoms with Crippen molar-refractivity contribution >= 4 is 5.96 Å². The van der Waals surface area contributed by atoms with Gasteiger partial charge in [-0.3, -0.25) is 9.89 Å². The Hall–Kier alpha value is -1.59. The number of nitrogens with zero attached hydrogens (tertiary/aromatic N) is 4. The van der Waals surface area contributed by atoms with Crippen molar-refractivity contribution in [3.63, 3.8) is 0 Å². The van der Waals surface area contributed by atoms with E-state index in [9.17, 15) is 0 Å². The van der Waals surface area contributed by atoms with Crippen molar-refractivity contribution < 1.29 is 0 Å². The van der Waals surface area contributed by atoms with E-state index in [4.69, 9.17) is 5.73 Å². The first-order valence-electron chi connectivity index (χ1n) is 10.7. The fourth-order valence-corrected chi connectivity index (χ4v) is 3.99. The molecule has 0 saturated carbocycles. The molecule has 0 unspecified atom stereocenters. The number of hydrogen-bond donors (Lipinski definition) is 1. The van der Waals surface area contributed by atoms with Crippen LogP contribution in [0, 0.1) is 5.92 Å². The topological polar surface area (TPSA) is 48.1 Å². The van der Waals surface area contributed by atoms with E-state index < -0.39 is 0 Å². The Morgan fingerprint density at radius 1 is 0.963 bits per heavy atom. The molecule has 0 atom stereocenters. The van der Waals surface area contributed by atoms with Crippen molar-refractivity contribution in [2.24, 2.45) is 16.6 Å². The Labute approximate surface area is 165 Å². The smallest absolute Gasteiger partial charge is 0.191 e. The van der Waals surface area contributed by atoms with Gasteiger partial charge in [0.1, 0.15) is 0 Å². The van der Waals surface area contributed by atoms with Crippen molar-refractivity contribution in [3.05, 3.63) is 35.9 Å². The molecule has 2 aliphatic heterocycles. The second-order valence-electron chi connectivity index (χ2n) is 8.22. The molecule has 0 aromatic heterocycles. The maximum atomic E-state index is 6.16. The van der Waals surface area contributed by atoms with Crippen LogP contribution < -0.4 is 5.73 Å². The molecule has 0 aliphatic carbocycles. The highest BCUT2D eigenvalue weighted by Gasteiger charge is 2.17. The number of piperidine rings is 1. The molecule has 2 heterocycles. The number of hydrogen-bond acceptors (Lipinski definition) is 3. The molecule has 2 saturated heterocycles. The Kier molecular flexibility index (Phi) is 7.96. The zero-order valence-electron chi connectivity index (χ0n) is 17.0. The van der Waals surface area contributed by atoms with Gasteiger partial charge < -0.3 is 15.5 Å². The normalized spacial score (nSPS) is 20.9. The van der Waals surface area contributed by atoms with Gasteiger partial charge in [-0.2, -0.15) is 0 Å². The Balaban J connectivity index is 1.25. The minimum atomic E-state index is 0.761. The third-order valence-electron chi connectivity index (χ3n) is 5.98. The Morgan fingerprint density at radius 2 is 1.63 bits per heavy atom. The highest BCUT2D eigenvalue weighted by molar-refractivity contribution is 5.78. The monoisotopic (exact) mass is 371 g/mol. The lowest BCUT2D eigenvalue weighted by molar-refractivity contribution is 0.126. The molecule has 0 radical (unpaired) electrons. The van der Waals surface area contributed by atoms with Crippen LogP contribution in [0.3, 0.4) is 0 Å². The number of rotatable bonds is 7. The van der Waals surface area contributed by atoms with E-state index in [1.807, 2.05) is 0 Å². The number of nitrogens with two attached hydrogens (primary N) is 1. The van der Waals surface area contributed by atoms with E-state index in [0.717, 1.165) is 44.5 Å². The van der Waals surface area contributed by atoms with Gasteiger partial charge in [0.05, 0.1) is 0 Å². The van der Waals surface area contributed by atoms with Crippen LogP contribution in [0.4, 0.5) is 0 Å². The highest BCUT2D eigenvalue weighted by Crippen LogP contribution is 2.15. The van der Waals surface area contributed by atoms with E-state index in [1.165, 1.54) is 57.5 Å². The van der Waals surface area contributed by atoms with Crippen molar-refractivity contribution in [2.45, 2.75) is 39.2 Å². The molecule has 2 fully saturated rings. The first-order chi connectivity index (χ1) is 13.2. The largest absolute Gasteiger partial charge is 0.370 e. The van der Waals surface area contributed by atoms with Gasteiger partial charge in [0, 0.05) is 52.4 Å². The van der Waals surface area contributed by atoms with Gasteiger partial charge in [-0.1, -0.05) is 37.3 Å². The first-order valence-corrected chi connectivity index (χ1v) is 10.7. The van der Waals surface area contributed by atoms with Crippen LogP contribution in [0.25, 0.3) is 0 Å². The van der Waals surface area contributed by atoms with Crippen LogP contribution >= 0.6 is 0 Å². The molecule has 0 spiro atoms. The van der Waals surface area contributed by atoms with Crippen LogP contribution in [0.2, 0.25) is 0 Å². The second-order valence-corrected chi connectivity index (χ2v) is 8.22. The van der Waals surface area contributed by atoms with E-state index in [2.05, 4.69) is 56.9 Å². The molecule has 150 valence electrons. The van der Waals surface area contributed by atoms with E-state index in [1.54, 1.807) is 0 Å². The zero-order chi connectivity index (χ0) is 18.9. The first kappa shape index (κ1) is 20.2.